The molecule has 6 heteroatoms. The molecule has 0 aliphatic carbocycles. The Kier molecular flexibility index (Phi) is 4.23. The number of anilines is 1. The minimum Gasteiger partial charge on any atom is -0.366 e. The lowest BCUT2D eigenvalue weighted by Gasteiger charge is -2.40. The van der Waals surface area contributed by atoms with Crippen molar-refractivity contribution in [3.8, 4) is 0 Å². The molecule has 2 unspecified atom stereocenters. The van der Waals surface area contributed by atoms with Gasteiger partial charge in [-0.2, -0.15) is 0 Å². The Balaban J connectivity index is 2.29. The smallest absolute Gasteiger partial charge is 0.295 e. The molecule has 5 nitrogen and oxygen atoms in total. The first-order chi connectivity index (χ1) is 9.40. The van der Waals surface area contributed by atoms with Gasteiger partial charge in [-0.25, -0.2) is 4.39 Å². The summed E-state index contributed by atoms with van der Waals surface area (Å²) >= 11 is 0. The normalized spacial score (nSPS) is 23.6. The first-order valence-corrected chi connectivity index (χ1v) is 6.75. The minimum atomic E-state index is -0.578. The molecule has 1 aliphatic heterocycles. The number of nitrogens with zero attached hydrogens (tertiary/aromatic N) is 3. The zero-order chi connectivity index (χ0) is 14.9. The zero-order valence-electron chi connectivity index (χ0n) is 12.0. The zero-order valence-corrected chi connectivity index (χ0v) is 12.0. The second-order valence-electron chi connectivity index (χ2n) is 5.60. The van der Waals surface area contributed by atoms with Crippen LogP contribution < -0.4 is 4.90 Å². The van der Waals surface area contributed by atoms with E-state index in [1.807, 2.05) is 11.9 Å². The Labute approximate surface area is 118 Å². The fourth-order valence-electron chi connectivity index (χ4n) is 3.04. The van der Waals surface area contributed by atoms with E-state index in [9.17, 15) is 14.5 Å². The topological polar surface area (TPSA) is 49.6 Å². The van der Waals surface area contributed by atoms with Crippen molar-refractivity contribution in [1.82, 2.24) is 4.90 Å². The Morgan fingerprint density at radius 2 is 2.20 bits per heavy atom. The summed E-state index contributed by atoms with van der Waals surface area (Å²) in [4.78, 5) is 14.8. The van der Waals surface area contributed by atoms with Crippen LogP contribution in [0.1, 0.15) is 13.3 Å². The van der Waals surface area contributed by atoms with Crippen molar-refractivity contribution in [2.75, 3.05) is 32.1 Å². The van der Waals surface area contributed by atoms with Gasteiger partial charge < -0.3 is 9.80 Å². The van der Waals surface area contributed by atoms with Crippen molar-refractivity contribution < 1.29 is 9.31 Å². The fraction of sp³-hybridized carbons (Fsp3) is 0.571. The standard InChI is InChI=1S/C14H20FN3O2/c1-10-9-16(2)7-6-12(10)17(3)13-5-4-11(15)8-14(13)18(19)20/h4-5,8,10,12H,6-7,9H2,1-3H3. The SMILES string of the molecule is CC1CN(C)CCC1N(C)c1ccc(F)cc1[N+](=O)[O-]. The van der Waals surface area contributed by atoms with Crippen LogP contribution in [0.25, 0.3) is 0 Å². The summed E-state index contributed by atoms with van der Waals surface area (Å²) < 4.78 is 13.2. The molecule has 0 aromatic heterocycles. The lowest BCUT2D eigenvalue weighted by atomic mass is 9.92. The molecule has 1 fully saturated rings. The molecule has 2 rings (SSSR count). The van der Waals surface area contributed by atoms with Crippen LogP contribution in [0.4, 0.5) is 15.8 Å². The highest BCUT2D eigenvalue weighted by molar-refractivity contribution is 5.63. The van der Waals surface area contributed by atoms with Crippen molar-refractivity contribution in [2.24, 2.45) is 5.92 Å². The molecule has 0 saturated carbocycles. The highest BCUT2D eigenvalue weighted by Gasteiger charge is 2.30. The number of halogens is 1. The Bertz CT molecular complexity index is 509. The molecule has 1 aliphatic rings. The van der Waals surface area contributed by atoms with Crippen LogP contribution >= 0.6 is 0 Å². The van der Waals surface area contributed by atoms with E-state index >= 15 is 0 Å². The second-order valence-corrected chi connectivity index (χ2v) is 5.60. The molecular weight excluding hydrogens is 261 g/mol. The number of nitro groups is 1. The summed E-state index contributed by atoms with van der Waals surface area (Å²) in [6, 6.07) is 4.00. The van der Waals surface area contributed by atoms with Gasteiger partial charge in [0, 0.05) is 19.6 Å². The van der Waals surface area contributed by atoms with Crippen LogP contribution in [-0.2, 0) is 0 Å². The summed E-state index contributed by atoms with van der Waals surface area (Å²) in [5.41, 5.74) is 0.316. The predicted octanol–water partition coefficient (Wildman–Crippen LogP) is 2.51. The average molecular weight is 281 g/mol. The summed E-state index contributed by atoms with van der Waals surface area (Å²) in [6.07, 6.45) is 0.947. The molecule has 0 bridgehead atoms. The van der Waals surface area contributed by atoms with E-state index in [-0.39, 0.29) is 11.7 Å². The van der Waals surface area contributed by atoms with Gasteiger partial charge in [-0.3, -0.25) is 10.1 Å². The molecule has 0 N–H and O–H groups in total. The molecule has 110 valence electrons. The number of likely N-dealkylation sites (tertiary alicyclic amines) is 1. The Morgan fingerprint density at radius 3 is 2.80 bits per heavy atom. The highest BCUT2D eigenvalue weighted by Crippen LogP contribution is 2.32. The van der Waals surface area contributed by atoms with Gasteiger partial charge >= 0.3 is 0 Å². The van der Waals surface area contributed by atoms with E-state index in [2.05, 4.69) is 18.9 Å². The van der Waals surface area contributed by atoms with E-state index in [4.69, 9.17) is 0 Å². The third kappa shape index (κ3) is 2.90. The predicted molar refractivity (Wildman–Crippen MR) is 76.5 cm³/mol. The van der Waals surface area contributed by atoms with Gasteiger partial charge in [-0.1, -0.05) is 6.92 Å². The van der Waals surface area contributed by atoms with Crippen LogP contribution in [0.3, 0.4) is 0 Å². The third-order valence-corrected chi connectivity index (χ3v) is 4.07. The van der Waals surface area contributed by atoms with Crippen LogP contribution in [0.2, 0.25) is 0 Å². The van der Waals surface area contributed by atoms with E-state index in [1.165, 1.54) is 12.1 Å². The van der Waals surface area contributed by atoms with Crippen LogP contribution in [-0.4, -0.2) is 43.0 Å². The molecule has 1 saturated heterocycles. The van der Waals surface area contributed by atoms with Crippen molar-refractivity contribution in [1.29, 1.82) is 0 Å². The summed E-state index contributed by atoms with van der Waals surface area (Å²) in [6.45, 7) is 4.07. The Morgan fingerprint density at radius 1 is 1.50 bits per heavy atom. The van der Waals surface area contributed by atoms with E-state index in [0.29, 0.717) is 11.6 Å². The van der Waals surface area contributed by atoms with Gasteiger partial charge in [0.15, 0.2) is 0 Å². The van der Waals surface area contributed by atoms with Gasteiger partial charge in [-0.15, -0.1) is 0 Å². The summed E-state index contributed by atoms with van der Waals surface area (Å²) in [5.74, 6) is -0.173. The maximum Gasteiger partial charge on any atom is 0.295 e. The van der Waals surface area contributed by atoms with Gasteiger partial charge in [0.05, 0.1) is 11.0 Å². The molecule has 2 atom stereocenters. The number of hydrogen-bond acceptors (Lipinski definition) is 4. The number of nitro benzene ring substituents is 1. The molecule has 1 aromatic carbocycles. The first-order valence-electron chi connectivity index (χ1n) is 6.75. The molecule has 0 spiro atoms. The van der Waals surface area contributed by atoms with E-state index in [0.717, 1.165) is 25.6 Å². The van der Waals surface area contributed by atoms with E-state index in [1.54, 1.807) is 0 Å². The van der Waals surface area contributed by atoms with Crippen LogP contribution in [0.15, 0.2) is 18.2 Å². The lowest BCUT2D eigenvalue weighted by Crippen LogP contribution is -2.48. The molecular formula is C14H20FN3O2. The van der Waals surface area contributed by atoms with Crippen LogP contribution in [0.5, 0.6) is 0 Å². The van der Waals surface area contributed by atoms with Crippen LogP contribution in [0, 0.1) is 21.8 Å². The van der Waals surface area contributed by atoms with Crippen molar-refractivity contribution >= 4 is 11.4 Å². The number of benzene rings is 1. The molecule has 1 aromatic rings. The summed E-state index contributed by atoms with van der Waals surface area (Å²) in [5, 5.41) is 11.1. The van der Waals surface area contributed by atoms with Gasteiger partial charge in [0.2, 0.25) is 0 Å². The van der Waals surface area contributed by atoms with Crippen molar-refractivity contribution in [3.63, 3.8) is 0 Å². The number of hydrogen-bond donors (Lipinski definition) is 0. The second kappa shape index (κ2) is 5.75. The molecule has 1 heterocycles. The van der Waals surface area contributed by atoms with Crippen molar-refractivity contribution in [2.45, 2.75) is 19.4 Å². The highest BCUT2D eigenvalue weighted by atomic mass is 19.1. The quantitative estimate of drug-likeness (QED) is 0.631. The fourth-order valence-corrected chi connectivity index (χ4v) is 3.04. The number of rotatable bonds is 3. The lowest BCUT2D eigenvalue weighted by molar-refractivity contribution is -0.384. The summed E-state index contributed by atoms with van der Waals surface area (Å²) in [7, 11) is 3.93. The number of piperidine rings is 1. The third-order valence-electron chi connectivity index (χ3n) is 4.07. The van der Waals surface area contributed by atoms with Crippen molar-refractivity contribution in [3.05, 3.63) is 34.1 Å². The first kappa shape index (κ1) is 14.7. The molecule has 0 radical (unpaired) electrons. The van der Waals surface area contributed by atoms with Gasteiger partial charge in [0.25, 0.3) is 5.69 Å². The minimum absolute atomic E-state index is 0.168. The largest absolute Gasteiger partial charge is 0.366 e. The Hall–Kier alpha value is -1.69. The van der Waals surface area contributed by atoms with Gasteiger partial charge in [-0.05, 0) is 38.1 Å². The van der Waals surface area contributed by atoms with E-state index < -0.39 is 10.7 Å². The monoisotopic (exact) mass is 281 g/mol. The molecule has 20 heavy (non-hydrogen) atoms. The van der Waals surface area contributed by atoms with Gasteiger partial charge in [0.1, 0.15) is 11.5 Å². The molecule has 0 amide bonds. The maximum absolute atomic E-state index is 13.2. The average Bonchev–Trinajstić information content (AvgIpc) is 2.37. The maximum atomic E-state index is 13.2.